The fourth-order valence-electron chi connectivity index (χ4n) is 2.93. The van der Waals surface area contributed by atoms with Gasteiger partial charge >= 0.3 is 0 Å². The molecule has 1 aliphatic rings. The average Bonchev–Trinajstić information content (AvgIpc) is 3.41. The molecule has 8 heteroatoms. The first-order chi connectivity index (χ1) is 14.0. The smallest absolute Gasteiger partial charge is 0.295 e. The Labute approximate surface area is 168 Å². The summed E-state index contributed by atoms with van der Waals surface area (Å²) in [4.78, 5) is 15.4. The number of benzene rings is 1. The zero-order valence-electron chi connectivity index (χ0n) is 16.4. The molecule has 29 heavy (non-hydrogen) atoms. The zero-order chi connectivity index (χ0) is 20.4. The number of ether oxygens (including phenoxy) is 2. The fraction of sp³-hybridized carbons (Fsp3) is 0.381. The standard InChI is InChI=1S/C21H23N3O5/c1-13(22-14(2)25)11-27-17-6-8-19(24(26)10-17)21-23-18-7-5-16(9-20(18)29-21)28-12-15-3-4-15/h5-10,13,15H,3-4,11-12H2,1-2H3,(H,22,25)/t13-/m0/s1. The van der Waals surface area contributed by atoms with E-state index in [-0.39, 0.29) is 30.1 Å². The van der Waals surface area contributed by atoms with E-state index >= 15 is 0 Å². The van der Waals surface area contributed by atoms with E-state index in [2.05, 4.69) is 10.3 Å². The second-order valence-corrected chi connectivity index (χ2v) is 7.39. The molecule has 0 bridgehead atoms. The van der Waals surface area contributed by atoms with Crippen LogP contribution in [-0.2, 0) is 4.79 Å². The second-order valence-electron chi connectivity index (χ2n) is 7.39. The Bertz CT molecular complexity index is 1030. The van der Waals surface area contributed by atoms with E-state index in [9.17, 15) is 10.0 Å². The van der Waals surface area contributed by atoms with Gasteiger partial charge in [0.1, 0.15) is 17.9 Å². The Morgan fingerprint density at radius 1 is 1.31 bits per heavy atom. The minimum absolute atomic E-state index is 0.132. The van der Waals surface area contributed by atoms with Gasteiger partial charge in [-0.15, -0.1) is 0 Å². The van der Waals surface area contributed by atoms with E-state index in [0.29, 0.717) is 27.5 Å². The van der Waals surface area contributed by atoms with Crippen LogP contribution < -0.4 is 19.5 Å². The van der Waals surface area contributed by atoms with Crippen molar-refractivity contribution in [2.45, 2.75) is 32.7 Å². The molecule has 152 valence electrons. The summed E-state index contributed by atoms with van der Waals surface area (Å²) < 4.78 is 17.8. The predicted octanol–water partition coefficient (Wildman–Crippen LogP) is 2.82. The highest BCUT2D eigenvalue weighted by molar-refractivity contribution is 5.77. The highest BCUT2D eigenvalue weighted by Gasteiger charge is 2.22. The molecule has 0 saturated heterocycles. The van der Waals surface area contributed by atoms with Crippen molar-refractivity contribution in [3.05, 3.63) is 41.7 Å². The van der Waals surface area contributed by atoms with Crippen LogP contribution in [0, 0.1) is 11.1 Å². The van der Waals surface area contributed by atoms with Gasteiger partial charge in [-0.05, 0) is 43.9 Å². The summed E-state index contributed by atoms with van der Waals surface area (Å²) in [7, 11) is 0. The monoisotopic (exact) mass is 397 g/mol. The van der Waals surface area contributed by atoms with Crippen molar-refractivity contribution in [2.24, 2.45) is 5.92 Å². The van der Waals surface area contributed by atoms with E-state index in [4.69, 9.17) is 13.9 Å². The molecule has 1 aromatic carbocycles. The topological polar surface area (TPSA) is 101 Å². The maximum absolute atomic E-state index is 12.4. The summed E-state index contributed by atoms with van der Waals surface area (Å²) in [5.41, 5.74) is 1.50. The van der Waals surface area contributed by atoms with Gasteiger partial charge in [0, 0.05) is 19.1 Å². The maximum atomic E-state index is 12.4. The van der Waals surface area contributed by atoms with Gasteiger partial charge in [0.25, 0.3) is 11.6 Å². The maximum Gasteiger partial charge on any atom is 0.295 e. The Morgan fingerprint density at radius 2 is 2.10 bits per heavy atom. The number of nitrogens with one attached hydrogen (secondary N) is 1. The van der Waals surface area contributed by atoms with Crippen LogP contribution in [0.5, 0.6) is 11.5 Å². The van der Waals surface area contributed by atoms with Crippen molar-refractivity contribution in [3.63, 3.8) is 0 Å². The fourth-order valence-corrected chi connectivity index (χ4v) is 2.93. The summed E-state index contributed by atoms with van der Waals surface area (Å²) in [6.07, 6.45) is 3.77. The van der Waals surface area contributed by atoms with Gasteiger partial charge in [-0.25, -0.2) is 4.98 Å². The minimum Gasteiger partial charge on any atom is -0.618 e. The lowest BCUT2D eigenvalue weighted by atomic mass is 10.3. The number of fused-ring (bicyclic) bond motifs is 1. The van der Waals surface area contributed by atoms with Crippen LogP contribution in [0.1, 0.15) is 26.7 Å². The average molecular weight is 397 g/mol. The number of nitrogens with zero attached hydrogens (tertiary/aromatic N) is 2. The number of hydrogen-bond acceptors (Lipinski definition) is 6. The van der Waals surface area contributed by atoms with E-state index in [0.717, 1.165) is 12.4 Å². The van der Waals surface area contributed by atoms with E-state index in [1.165, 1.54) is 26.0 Å². The van der Waals surface area contributed by atoms with Crippen molar-refractivity contribution >= 4 is 17.0 Å². The molecule has 1 fully saturated rings. The van der Waals surface area contributed by atoms with E-state index in [1.807, 2.05) is 19.1 Å². The first-order valence-corrected chi connectivity index (χ1v) is 9.65. The van der Waals surface area contributed by atoms with Crippen LogP contribution >= 0.6 is 0 Å². The molecule has 2 heterocycles. The lowest BCUT2D eigenvalue weighted by molar-refractivity contribution is -0.594. The van der Waals surface area contributed by atoms with Crippen LogP contribution in [-0.4, -0.2) is 30.1 Å². The quantitative estimate of drug-likeness (QED) is 0.463. The highest BCUT2D eigenvalue weighted by atomic mass is 16.5. The molecule has 0 aliphatic heterocycles. The molecule has 0 radical (unpaired) electrons. The summed E-state index contributed by atoms with van der Waals surface area (Å²) >= 11 is 0. The van der Waals surface area contributed by atoms with E-state index < -0.39 is 0 Å². The van der Waals surface area contributed by atoms with Crippen LogP contribution in [0.25, 0.3) is 22.7 Å². The van der Waals surface area contributed by atoms with Crippen molar-refractivity contribution in [2.75, 3.05) is 13.2 Å². The number of amides is 1. The van der Waals surface area contributed by atoms with Gasteiger partial charge in [0.15, 0.2) is 11.3 Å². The summed E-state index contributed by atoms with van der Waals surface area (Å²) in [6.45, 7) is 4.24. The van der Waals surface area contributed by atoms with Gasteiger partial charge < -0.3 is 24.4 Å². The molecule has 1 amide bonds. The van der Waals surface area contributed by atoms with Gasteiger partial charge in [-0.2, -0.15) is 4.73 Å². The molecule has 4 rings (SSSR count). The summed E-state index contributed by atoms with van der Waals surface area (Å²) in [6, 6.07) is 8.57. The first-order valence-electron chi connectivity index (χ1n) is 9.65. The molecule has 3 aromatic rings. The predicted molar refractivity (Wildman–Crippen MR) is 105 cm³/mol. The highest BCUT2D eigenvalue weighted by Crippen LogP contribution is 2.31. The zero-order valence-corrected chi connectivity index (χ0v) is 16.4. The number of rotatable bonds is 8. The van der Waals surface area contributed by atoms with Crippen LogP contribution in [0.4, 0.5) is 0 Å². The van der Waals surface area contributed by atoms with Gasteiger partial charge in [-0.1, -0.05) is 0 Å². The molecule has 0 unspecified atom stereocenters. The second kappa shape index (κ2) is 7.98. The Hall–Kier alpha value is -3.29. The molecule has 1 N–H and O–H groups in total. The molecule has 1 aliphatic carbocycles. The number of pyridine rings is 1. The Morgan fingerprint density at radius 3 is 2.83 bits per heavy atom. The number of hydrogen-bond donors (Lipinski definition) is 1. The molecular formula is C21H23N3O5. The van der Waals surface area contributed by atoms with Crippen molar-refractivity contribution < 1.29 is 23.4 Å². The van der Waals surface area contributed by atoms with Crippen molar-refractivity contribution in [1.29, 1.82) is 0 Å². The molecule has 0 spiro atoms. The van der Waals surface area contributed by atoms with Crippen LogP contribution in [0.2, 0.25) is 0 Å². The molecule has 8 nitrogen and oxygen atoms in total. The Kier molecular flexibility index (Phi) is 5.24. The van der Waals surface area contributed by atoms with Crippen molar-refractivity contribution in [3.8, 4) is 23.1 Å². The summed E-state index contributed by atoms with van der Waals surface area (Å²) in [5, 5.41) is 15.2. The largest absolute Gasteiger partial charge is 0.618 e. The van der Waals surface area contributed by atoms with Crippen LogP contribution in [0.15, 0.2) is 40.9 Å². The third-order valence-corrected chi connectivity index (χ3v) is 4.60. The number of carbonyl (C=O) groups is 1. The molecule has 2 aromatic heterocycles. The Balaban J connectivity index is 1.47. The lowest BCUT2D eigenvalue weighted by Gasteiger charge is -2.13. The van der Waals surface area contributed by atoms with E-state index in [1.54, 1.807) is 18.2 Å². The normalized spacial score (nSPS) is 14.6. The van der Waals surface area contributed by atoms with Crippen LogP contribution in [0.3, 0.4) is 0 Å². The SMILES string of the molecule is CC(=O)N[C@@H](C)COc1ccc(-c2nc3ccc(OCC4CC4)cc3o2)[n+]([O-])c1. The molecular weight excluding hydrogens is 374 g/mol. The number of carbonyl (C=O) groups excluding carboxylic acids is 1. The van der Waals surface area contributed by atoms with Gasteiger partial charge in [0.2, 0.25) is 12.1 Å². The lowest BCUT2D eigenvalue weighted by Crippen LogP contribution is -2.35. The molecule has 1 atom stereocenters. The minimum atomic E-state index is -0.166. The number of oxazole rings is 1. The third kappa shape index (κ3) is 4.77. The first kappa shape index (κ1) is 19.0. The third-order valence-electron chi connectivity index (χ3n) is 4.60. The van der Waals surface area contributed by atoms with Crippen molar-refractivity contribution in [1.82, 2.24) is 10.3 Å². The molecule has 1 saturated carbocycles. The number of aromatic nitrogens is 2. The summed E-state index contributed by atoms with van der Waals surface area (Å²) in [5.74, 6) is 1.89. The van der Waals surface area contributed by atoms with Gasteiger partial charge in [0.05, 0.1) is 12.6 Å². The van der Waals surface area contributed by atoms with Gasteiger partial charge in [-0.3, -0.25) is 4.79 Å².